The topological polar surface area (TPSA) is 83.1 Å². The summed E-state index contributed by atoms with van der Waals surface area (Å²) in [6.45, 7) is 0. The summed E-state index contributed by atoms with van der Waals surface area (Å²) in [5, 5.41) is 8.36. The first kappa shape index (κ1) is 17.0. The molecule has 5 heterocycles. The van der Waals surface area contributed by atoms with Crippen molar-refractivity contribution in [2.75, 3.05) is 0 Å². The number of fused-ring (bicyclic) bond motifs is 2. The van der Waals surface area contributed by atoms with Crippen molar-refractivity contribution in [2.45, 2.75) is 0 Å². The van der Waals surface area contributed by atoms with E-state index in [2.05, 4.69) is 25.1 Å². The fourth-order valence-corrected chi connectivity index (χ4v) is 4.41. The van der Waals surface area contributed by atoms with Gasteiger partial charge in [0, 0.05) is 39.3 Å². The molecule has 144 valence electrons. The number of nitrogens with zero attached hydrogens (tertiary/aromatic N) is 4. The van der Waals surface area contributed by atoms with Crippen molar-refractivity contribution in [1.82, 2.24) is 30.1 Å². The summed E-state index contributed by atoms with van der Waals surface area (Å²) in [7, 11) is 0. The van der Waals surface area contributed by atoms with Crippen LogP contribution in [-0.2, 0) is 0 Å². The Balaban J connectivity index is 1.52. The molecule has 0 atom stereocenters. The van der Waals surface area contributed by atoms with E-state index in [0.717, 1.165) is 66.4 Å². The van der Waals surface area contributed by atoms with E-state index in [1.54, 1.807) is 18.5 Å². The number of H-pyrrole nitrogens is 2. The molecule has 0 radical (unpaired) electrons. The molecule has 0 bridgehead atoms. The van der Waals surface area contributed by atoms with Crippen LogP contribution in [0, 0.1) is 5.13 Å². The molecule has 6 aromatic rings. The lowest BCUT2D eigenvalue weighted by molar-refractivity contribution is 0.657. The minimum Gasteiger partial charge on any atom is -0.353 e. The van der Waals surface area contributed by atoms with Gasteiger partial charge in [0.1, 0.15) is 17.5 Å². The van der Waals surface area contributed by atoms with Gasteiger partial charge in [-0.15, -0.1) is 11.3 Å². The standard InChI is InChI=1S/C22H13FN6S/c23-20-7-6-19(30-20)13-2-1-3-16-14(13)8-18(26-16)22-21-17(28-29-22)5-4-15(27-21)12-9-24-11-25-10-12/h1-11,26H,(H,28,29). The van der Waals surface area contributed by atoms with Gasteiger partial charge in [0.2, 0.25) is 0 Å². The van der Waals surface area contributed by atoms with Gasteiger partial charge in [0.15, 0.2) is 5.13 Å². The predicted octanol–water partition coefficient (Wildman–Crippen LogP) is 5.43. The van der Waals surface area contributed by atoms with Gasteiger partial charge in [0.25, 0.3) is 0 Å². The Kier molecular flexibility index (Phi) is 3.72. The molecule has 0 aliphatic heterocycles. The van der Waals surface area contributed by atoms with Crippen LogP contribution in [0.25, 0.3) is 55.0 Å². The Morgan fingerprint density at radius 3 is 2.67 bits per heavy atom. The molecule has 6 nitrogen and oxygen atoms in total. The maximum atomic E-state index is 13.6. The van der Waals surface area contributed by atoms with Crippen LogP contribution in [0.15, 0.2) is 67.3 Å². The zero-order valence-corrected chi connectivity index (χ0v) is 16.2. The number of hydrogen-bond donors (Lipinski definition) is 2. The number of rotatable bonds is 3. The molecule has 0 aliphatic rings. The van der Waals surface area contributed by atoms with E-state index in [-0.39, 0.29) is 5.13 Å². The van der Waals surface area contributed by atoms with Crippen molar-refractivity contribution in [2.24, 2.45) is 0 Å². The zero-order valence-electron chi connectivity index (χ0n) is 15.4. The lowest BCUT2D eigenvalue weighted by atomic mass is 10.1. The molecule has 0 saturated heterocycles. The van der Waals surface area contributed by atoms with Gasteiger partial charge >= 0.3 is 0 Å². The van der Waals surface area contributed by atoms with Crippen molar-refractivity contribution in [3.05, 3.63) is 72.4 Å². The molecule has 0 unspecified atom stereocenters. The Hall–Kier alpha value is -3.91. The van der Waals surface area contributed by atoms with Gasteiger partial charge in [-0.25, -0.2) is 15.0 Å². The summed E-state index contributed by atoms with van der Waals surface area (Å²) in [6, 6.07) is 15.2. The number of benzene rings is 1. The summed E-state index contributed by atoms with van der Waals surface area (Å²) < 4.78 is 13.6. The molecule has 0 aliphatic carbocycles. The average molecular weight is 412 g/mol. The molecule has 0 saturated carbocycles. The predicted molar refractivity (Wildman–Crippen MR) is 115 cm³/mol. The molecule has 30 heavy (non-hydrogen) atoms. The normalized spacial score (nSPS) is 11.5. The lowest BCUT2D eigenvalue weighted by Gasteiger charge is -2.00. The van der Waals surface area contributed by atoms with E-state index in [1.165, 1.54) is 12.4 Å². The molecule has 2 N–H and O–H groups in total. The Labute approximate surface area is 173 Å². The quantitative estimate of drug-likeness (QED) is 0.406. The number of thiophene rings is 1. The molecule has 1 aromatic carbocycles. The lowest BCUT2D eigenvalue weighted by Crippen LogP contribution is -1.87. The van der Waals surface area contributed by atoms with Gasteiger partial charge in [-0.05, 0) is 36.4 Å². The second-order valence-corrected chi connectivity index (χ2v) is 7.88. The van der Waals surface area contributed by atoms with Crippen molar-refractivity contribution in [3.63, 3.8) is 0 Å². The molecule has 8 heteroatoms. The second-order valence-electron chi connectivity index (χ2n) is 6.85. The van der Waals surface area contributed by atoms with Gasteiger partial charge in [-0.1, -0.05) is 12.1 Å². The van der Waals surface area contributed by atoms with Gasteiger partial charge in [-0.2, -0.15) is 9.49 Å². The Morgan fingerprint density at radius 1 is 0.933 bits per heavy atom. The van der Waals surface area contributed by atoms with Crippen LogP contribution in [0.4, 0.5) is 4.39 Å². The van der Waals surface area contributed by atoms with Crippen molar-refractivity contribution in [1.29, 1.82) is 0 Å². The van der Waals surface area contributed by atoms with E-state index in [0.29, 0.717) is 0 Å². The second kappa shape index (κ2) is 6.57. The number of pyridine rings is 1. The molecule has 0 amide bonds. The van der Waals surface area contributed by atoms with Crippen LogP contribution >= 0.6 is 11.3 Å². The number of aromatic amines is 2. The number of hydrogen-bond acceptors (Lipinski definition) is 5. The van der Waals surface area contributed by atoms with Crippen LogP contribution in [0.3, 0.4) is 0 Å². The van der Waals surface area contributed by atoms with E-state index in [9.17, 15) is 4.39 Å². The maximum absolute atomic E-state index is 13.6. The van der Waals surface area contributed by atoms with E-state index in [1.807, 2.05) is 36.4 Å². The molecular formula is C22H13FN6S. The highest BCUT2D eigenvalue weighted by Gasteiger charge is 2.16. The van der Waals surface area contributed by atoms with Crippen molar-refractivity contribution < 1.29 is 4.39 Å². The number of nitrogens with one attached hydrogen (secondary N) is 2. The van der Waals surface area contributed by atoms with E-state index >= 15 is 0 Å². The maximum Gasteiger partial charge on any atom is 0.176 e. The molecular weight excluding hydrogens is 399 g/mol. The van der Waals surface area contributed by atoms with Gasteiger partial charge in [-0.3, -0.25) is 5.10 Å². The number of halogens is 1. The first-order valence-corrected chi connectivity index (χ1v) is 10.1. The van der Waals surface area contributed by atoms with Gasteiger partial charge in [0.05, 0.1) is 16.9 Å². The summed E-state index contributed by atoms with van der Waals surface area (Å²) >= 11 is 1.14. The molecule has 0 spiro atoms. The minimum absolute atomic E-state index is 0.197. The fourth-order valence-electron chi connectivity index (χ4n) is 3.64. The van der Waals surface area contributed by atoms with Crippen LogP contribution in [-0.4, -0.2) is 30.1 Å². The highest BCUT2D eigenvalue weighted by Crippen LogP contribution is 2.36. The first-order valence-electron chi connectivity index (χ1n) is 9.24. The van der Waals surface area contributed by atoms with Crippen LogP contribution in [0.1, 0.15) is 0 Å². The van der Waals surface area contributed by atoms with Crippen molar-refractivity contribution in [3.8, 4) is 33.1 Å². The third-order valence-corrected chi connectivity index (χ3v) is 5.93. The average Bonchev–Trinajstić information content (AvgIpc) is 3.51. The van der Waals surface area contributed by atoms with Crippen LogP contribution in [0.2, 0.25) is 0 Å². The highest BCUT2D eigenvalue weighted by atomic mass is 32.1. The first-order chi connectivity index (χ1) is 14.8. The largest absolute Gasteiger partial charge is 0.353 e. The van der Waals surface area contributed by atoms with E-state index in [4.69, 9.17) is 4.98 Å². The summed E-state index contributed by atoms with van der Waals surface area (Å²) in [5.41, 5.74) is 6.72. The van der Waals surface area contributed by atoms with Crippen molar-refractivity contribution >= 4 is 33.3 Å². The smallest absolute Gasteiger partial charge is 0.176 e. The third-order valence-electron chi connectivity index (χ3n) is 5.02. The summed E-state index contributed by atoms with van der Waals surface area (Å²) in [4.78, 5) is 17.3. The van der Waals surface area contributed by atoms with Crippen LogP contribution < -0.4 is 0 Å². The summed E-state index contributed by atoms with van der Waals surface area (Å²) in [5.74, 6) is 0. The third kappa shape index (κ3) is 2.69. The SMILES string of the molecule is Fc1ccc(-c2cccc3[nH]c(-c4n[nH]c5ccc(-c6cncnc6)nc45)cc23)s1. The zero-order chi connectivity index (χ0) is 20.1. The monoisotopic (exact) mass is 412 g/mol. The van der Waals surface area contributed by atoms with Crippen LogP contribution in [0.5, 0.6) is 0 Å². The molecule has 0 fully saturated rings. The van der Waals surface area contributed by atoms with Gasteiger partial charge < -0.3 is 4.98 Å². The highest BCUT2D eigenvalue weighted by molar-refractivity contribution is 7.14. The fraction of sp³-hybridized carbons (Fsp3) is 0. The molecule has 6 rings (SSSR count). The summed E-state index contributed by atoms with van der Waals surface area (Å²) in [6.07, 6.45) is 4.96. The minimum atomic E-state index is -0.197. The Morgan fingerprint density at radius 2 is 1.83 bits per heavy atom. The number of aromatic nitrogens is 6. The Bertz CT molecular complexity index is 1520. The van der Waals surface area contributed by atoms with E-state index < -0.39 is 0 Å². The molecule has 5 aromatic heterocycles.